The van der Waals surface area contributed by atoms with Crippen molar-refractivity contribution in [3.63, 3.8) is 0 Å². The average Bonchev–Trinajstić information content (AvgIpc) is 3.26. The van der Waals surface area contributed by atoms with Crippen LogP contribution in [0.1, 0.15) is 33.7 Å². The number of carbonyl (C=O) groups is 1. The van der Waals surface area contributed by atoms with E-state index in [1.165, 1.54) is 12.3 Å². The Labute approximate surface area is 193 Å². The lowest BCUT2D eigenvalue weighted by Gasteiger charge is -2.06. The number of rotatable bonds is 5. The smallest absolute Gasteiger partial charge is 0.280 e. The van der Waals surface area contributed by atoms with Gasteiger partial charge in [-0.1, -0.05) is 29.3 Å². The van der Waals surface area contributed by atoms with Gasteiger partial charge >= 0.3 is 0 Å². The minimum absolute atomic E-state index is 0.0382. The molecule has 12 heteroatoms. The second-order valence-corrected chi connectivity index (χ2v) is 8.33. The highest BCUT2D eigenvalue weighted by Crippen LogP contribution is 2.26. The molecule has 0 fully saturated rings. The van der Waals surface area contributed by atoms with E-state index in [1.54, 1.807) is 36.0 Å². The van der Waals surface area contributed by atoms with Gasteiger partial charge in [0.1, 0.15) is 11.3 Å². The maximum atomic E-state index is 13.3. The first-order valence-corrected chi connectivity index (χ1v) is 10.4. The lowest BCUT2D eigenvalue weighted by atomic mass is 10.2. The Bertz CT molecular complexity index is 1310. The molecular weight excluding hydrogens is 517 g/mol. The fourth-order valence-corrected chi connectivity index (χ4v) is 3.87. The molecular formula is C19H13BrCl2F2N6O. The lowest BCUT2D eigenvalue weighted by molar-refractivity contribution is 0.102. The van der Waals surface area contributed by atoms with Crippen LogP contribution in [0.2, 0.25) is 10.0 Å². The van der Waals surface area contributed by atoms with E-state index in [0.717, 1.165) is 10.1 Å². The molecule has 0 saturated heterocycles. The van der Waals surface area contributed by atoms with Gasteiger partial charge in [0.2, 0.25) is 0 Å². The molecule has 1 amide bonds. The molecule has 0 radical (unpaired) electrons. The number of halogens is 5. The summed E-state index contributed by atoms with van der Waals surface area (Å²) in [7, 11) is 0. The Morgan fingerprint density at radius 3 is 2.77 bits per heavy atom. The molecule has 160 valence electrons. The number of carbonyl (C=O) groups excluding carboxylic acids is 1. The van der Waals surface area contributed by atoms with Crippen LogP contribution in [0.25, 0.3) is 5.65 Å². The van der Waals surface area contributed by atoms with E-state index in [2.05, 4.69) is 36.4 Å². The maximum Gasteiger partial charge on any atom is 0.280 e. The third-order valence-corrected chi connectivity index (χ3v) is 5.56. The fourth-order valence-electron chi connectivity index (χ4n) is 2.99. The van der Waals surface area contributed by atoms with Crippen molar-refractivity contribution in [1.29, 1.82) is 0 Å². The van der Waals surface area contributed by atoms with Gasteiger partial charge in [0, 0.05) is 21.9 Å². The number of aryl methyl sites for hydroxylation is 1. The number of amides is 1. The number of alkyl halides is 2. The van der Waals surface area contributed by atoms with E-state index in [9.17, 15) is 13.6 Å². The van der Waals surface area contributed by atoms with Crippen LogP contribution in [0.5, 0.6) is 0 Å². The summed E-state index contributed by atoms with van der Waals surface area (Å²) < 4.78 is 29.7. The second kappa shape index (κ2) is 8.52. The predicted molar refractivity (Wildman–Crippen MR) is 116 cm³/mol. The Morgan fingerprint density at radius 2 is 2.06 bits per heavy atom. The van der Waals surface area contributed by atoms with Crippen molar-refractivity contribution < 1.29 is 13.6 Å². The van der Waals surface area contributed by atoms with Gasteiger partial charge in [-0.3, -0.25) is 9.48 Å². The van der Waals surface area contributed by atoms with Crippen molar-refractivity contribution in [3.05, 3.63) is 73.7 Å². The summed E-state index contributed by atoms with van der Waals surface area (Å²) in [6, 6.07) is 6.37. The Morgan fingerprint density at radius 1 is 1.29 bits per heavy atom. The predicted octanol–water partition coefficient (Wildman–Crippen LogP) is 5.54. The van der Waals surface area contributed by atoms with Gasteiger partial charge in [0.15, 0.2) is 11.5 Å². The minimum atomic E-state index is -2.76. The summed E-state index contributed by atoms with van der Waals surface area (Å²) in [6.45, 7) is 1.92. The molecule has 1 N–H and O–H groups in total. The summed E-state index contributed by atoms with van der Waals surface area (Å²) in [4.78, 5) is 17.0. The molecule has 0 spiro atoms. The number of fused-ring (bicyclic) bond motifs is 1. The molecule has 7 nitrogen and oxygen atoms in total. The maximum absolute atomic E-state index is 13.3. The van der Waals surface area contributed by atoms with Crippen LogP contribution in [0.15, 0.2) is 41.1 Å². The molecule has 0 atom stereocenters. The Balaban J connectivity index is 1.60. The first kappa shape index (κ1) is 21.7. The molecule has 3 heterocycles. The van der Waals surface area contributed by atoms with E-state index in [1.807, 2.05) is 0 Å². The molecule has 4 aromatic rings. The van der Waals surface area contributed by atoms with Crippen LogP contribution in [0, 0.1) is 6.92 Å². The van der Waals surface area contributed by atoms with Crippen LogP contribution in [-0.4, -0.2) is 30.3 Å². The van der Waals surface area contributed by atoms with E-state index >= 15 is 0 Å². The van der Waals surface area contributed by atoms with Crippen molar-refractivity contribution in [2.24, 2.45) is 0 Å². The molecule has 0 aliphatic carbocycles. The van der Waals surface area contributed by atoms with E-state index in [0.29, 0.717) is 26.8 Å². The van der Waals surface area contributed by atoms with Gasteiger partial charge in [0.05, 0.1) is 17.2 Å². The average molecular weight is 530 g/mol. The van der Waals surface area contributed by atoms with Gasteiger partial charge in [-0.05, 0) is 46.6 Å². The van der Waals surface area contributed by atoms with E-state index in [-0.39, 0.29) is 22.7 Å². The zero-order valence-corrected chi connectivity index (χ0v) is 18.9. The molecule has 0 unspecified atom stereocenters. The van der Waals surface area contributed by atoms with Gasteiger partial charge in [-0.25, -0.2) is 18.3 Å². The van der Waals surface area contributed by atoms with Crippen molar-refractivity contribution in [2.75, 3.05) is 5.32 Å². The van der Waals surface area contributed by atoms with Crippen LogP contribution in [0.4, 0.5) is 14.6 Å². The lowest BCUT2D eigenvalue weighted by Crippen LogP contribution is -2.14. The van der Waals surface area contributed by atoms with Crippen LogP contribution in [0.3, 0.4) is 0 Å². The monoisotopic (exact) mass is 528 g/mol. The van der Waals surface area contributed by atoms with Gasteiger partial charge in [-0.2, -0.15) is 10.2 Å². The molecule has 0 aliphatic heterocycles. The minimum Gasteiger partial charge on any atom is -0.304 e. The molecule has 0 saturated carbocycles. The van der Waals surface area contributed by atoms with Gasteiger partial charge < -0.3 is 5.32 Å². The van der Waals surface area contributed by atoms with Crippen LogP contribution < -0.4 is 5.32 Å². The summed E-state index contributed by atoms with van der Waals surface area (Å²) in [5.74, 6) is -0.333. The van der Waals surface area contributed by atoms with E-state index < -0.39 is 12.3 Å². The quantitative estimate of drug-likeness (QED) is 0.368. The number of nitrogens with one attached hydrogen (secondary N) is 1. The third-order valence-electron chi connectivity index (χ3n) is 4.39. The topological polar surface area (TPSA) is 77.1 Å². The number of anilines is 1. The molecule has 31 heavy (non-hydrogen) atoms. The van der Waals surface area contributed by atoms with Crippen molar-refractivity contribution in [1.82, 2.24) is 24.4 Å². The first-order chi connectivity index (χ1) is 14.7. The Kier molecular flexibility index (Phi) is 5.96. The summed E-state index contributed by atoms with van der Waals surface area (Å²) in [5, 5.41) is 11.9. The first-order valence-electron chi connectivity index (χ1n) is 8.84. The van der Waals surface area contributed by atoms with Crippen LogP contribution >= 0.6 is 39.1 Å². The zero-order valence-electron chi connectivity index (χ0n) is 15.8. The summed E-state index contributed by atoms with van der Waals surface area (Å²) in [5.41, 5.74) is 0.888. The molecule has 4 rings (SSSR count). The summed E-state index contributed by atoms with van der Waals surface area (Å²) in [6.07, 6.45) is 0.111. The Hall–Kier alpha value is -2.56. The van der Waals surface area contributed by atoms with Crippen molar-refractivity contribution in [2.45, 2.75) is 19.9 Å². The molecule has 0 aliphatic rings. The number of hydrogen-bond donors (Lipinski definition) is 1. The number of hydrogen-bond acceptors (Lipinski definition) is 4. The number of nitrogens with zero attached hydrogens (tertiary/aromatic N) is 5. The second-order valence-electron chi connectivity index (χ2n) is 6.63. The zero-order chi connectivity index (χ0) is 22.3. The summed E-state index contributed by atoms with van der Waals surface area (Å²) >= 11 is 15.5. The third kappa shape index (κ3) is 4.41. The van der Waals surface area contributed by atoms with Gasteiger partial charge in [-0.15, -0.1) is 0 Å². The highest BCUT2D eigenvalue weighted by molar-refractivity contribution is 9.10. The van der Waals surface area contributed by atoms with Gasteiger partial charge in [0.25, 0.3) is 12.3 Å². The van der Waals surface area contributed by atoms with E-state index in [4.69, 9.17) is 23.2 Å². The molecule has 1 aromatic carbocycles. The van der Waals surface area contributed by atoms with Crippen LogP contribution in [-0.2, 0) is 6.54 Å². The highest BCUT2D eigenvalue weighted by Gasteiger charge is 2.21. The highest BCUT2D eigenvalue weighted by atomic mass is 79.9. The van der Waals surface area contributed by atoms with Crippen molar-refractivity contribution in [3.8, 4) is 0 Å². The number of aromatic nitrogens is 5. The largest absolute Gasteiger partial charge is 0.304 e. The molecule has 0 bridgehead atoms. The standard InChI is InChI=1S/C19H13BrCl2F2N6O/c1-9-4-15(16(23)24)30-18(26-9)12(6-25-30)19(31)27-17-13(20)8-29(28-17)7-10-2-3-11(21)5-14(10)22/h2-6,8,16H,7H2,1H3,(H,27,28,31). The fraction of sp³-hybridized carbons (Fsp3) is 0.158. The number of benzene rings is 1. The van der Waals surface area contributed by atoms with Crippen molar-refractivity contribution >= 4 is 56.5 Å². The normalized spacial score (nSPS) is 11.5. The SMILES string of the molecule is Cc1cc(C(F)F)n2ncc(C(=O)Nc3nn(Cc4ccc(Cl)cc4Cl)cc3Br)c2n1. The molecule has 3 aromatic heterocycles.